The molecule has 2 rings (SSSR count). The number of phenolic OH excluding ortho intramolecular Hbond substituents is 2. The van der Waals surface area contributed by atoms with E-state index in [2.05, 4.69) is 6.58 Å². The molecule has 6 heteroatoms. The molecule has 0 atom stereocenters. The highest BCUT2D eigenvalue weighted by Gasteiger charge is 2.10. The number of aromatic hydroxyl groups is 2. The lowest BCUT2D eigenvalue weighted by Crippen LogP contribution is -1.94. The summed E-state index contributed by atoms with van der Waals surface area (Å²) in [5.74, 6) is 0.277. The van der Waals surface area contributed by atoms with Crippen molar-refractivity contribution in [3.05, 3.63) is 71.3 Å². The van der Waals surface area contributed by atoms with Gasteiger partial charge in [-0.25, -0.2) is 0 Å². The Labute approximate surface area is 121 Å². The quantitative estimate of drug-likeness (QED) is 0.512. The molecule has 0 unspecified atom stereocenters. The van der Waals surface area contributed by atoms with E-state index in [1.165, 1.54) is 24.3 Å². The molecule has 0 radical (unpaired) electrons. The van der Waals surface area contributed by atoms with Gasteiger partial charge < -0.3 is 14.9 Å². The lowest BCUT2D eigenvalue weighted by atomic mass is 10.3. The normalized spacial score (nSPS) is 9.14. The molecule has 2 N–H and O–H groups in total. The van der Waals surface area contributed by atoms with Gasteiger partial charge in [-0.2, -0.15) is 0 Å². The van der Waals surface area contributed by atoms with Crippen molar-refractivity contribution in [2.75, 3.05) is 6.61 Å². The summed E-state index contributed by atoms with van der Waals surface area (Å²) in [7, 11) is 0. The molecular formula is C15H15NO5. The minimum absolute atomic E-state index is 0.0825. The number of non-ortho nitro benzene ring substituents is 1. The number of benzene rings is 2. The summed E-state index contributed by atoms with van der Waals surface area (Å²) in [6.07, 6.45) is 1.48. The van der Waals surface area contributed by atoms with E-state index in [0.717, 1.165) is 0 Å². The Morgan fingerprint density at radius 1 is 1.19 bits per heavy atom. The lowest BCUT2D eigenvalue weighted by molar-refractivity contribution is -0.385. The highest BCUT2D eigenvalue weighted by Crippen LogP contribution is 2.29. The average Bonchev–Trinajstić information content (AvgIpc) is 2.47. The predicted octanol–water partition coefficient (Wildman–Crippen LogP) is 3.26. The van der Waals surface area contributed by atoms with Crippen LogP contribution >= 0.6 is 0 Å². The van der Waals surface area contributed by atoms with Crippen LogP contribution in [0.2, 0.25) is 0 Å². The molecule has 0 bridgehead atoms. The van der Waals surface area contributed by atoms with Gasteiger partial charge in [-0.1, -0.05) is 30.9 Å². The number of para-hydroxylation sites is 1. The first-order valence-corrected chi connectivity index (χ1v) is 5.99. The van der Waals surface area contributed by atoms with Crippen molar-refractivity contribution in [1.29, 1.82) is 0 Å². The molecule has 0 saturated heterocycles. The molecular weight excluding hydrogens is 274 g/mol. The zero-order valence-corrected chi connectivity index (χ0v) is 11.2. The van der Waals surface area contributed by atoms with Crippen LogP contribution in [0.15, 0.2) is 61.2 Å². The van der Waals surface area contributed by atoms with Gasteiger partial charge in [0.1, 0.15) is 12.4 Å². The first kappa shape index (κ1) is 16.0. The van der Waals surface area contributed by atoms with Gasteiger partial charge in [-0.15, -0.1) is 0 Å². The van der Waals surface area contributed by atoms with Gasteiger partial charge in [0.05, 0.1) is 11.0 Å². The zero-order chi connectivity index (χ0) is 15.7. The summed E-state index contributed by atoms with van der Waals surface area (Å²) >= 11 is 0. The monoisotopic (exact) mass is 289 g/mol. The molecule has 2 aromatic rings. The summed E-state index contributed by atoms with van der Waals surface area (Å²) in [6, 6.07) is 12.3. The maximum atomic E-state index is 10.4. The second-order valence-electron chi connectivity index (χ2n) is 3.84. The summed E-state index contributed by atoms with van der Waals surface area (Å²) in [5, 5.41) is 28.3. The van der Waals surface area contributed by atoms with Crippen molar-refractivity contribution in [2.24, 2.45) is 0 Å². The van der Waals surface area contributed by atoms with Gasteiger partial charge in [0.2, 0.25) is 0 Å². The topological polar surface area (TPSA) is 92.8 Å². The summed E-state index contributed by atoms with van der Waals surface area (Å²) in [5.41, 5.74) is -0.123. The molecule has 0 heterocycles. The Kier molecular flexibility index (Phi) is 6.27. The third-order valence-corrected chi connectivity index (χ3v) is 2.27. The van der Waals surface area contributed by atoms with Gasteiger partial charge in [-0.05, 0) is 18.2 Å². The molecule has 0 amide bonds. The summed E-state index contributed by atoms with van der Waals surface area (Å²) < 4.78 is 5.00. The number of ether oxygens (including phenoxy) is 1. The SMILES string of the molecule is C=CCOc1cc([N+](=O)[O-])ccc1O.Oc1ccccc1. The standard InChI is InChI=1S/C9H9NO4.C6H6O/c1-2-5-14-9-6-7(10(12)13)3-4-8(9)11;7-6-4-2-1-3-5-6/h2-4,6,11H,1,5H2;1-5,7H. The third-order valence-electron chi connectivity index (χ3n) is 2.27. The number of nitro benzene ring substituents is 1. The highest BCUT2D eigenvalue weighted by molar-refractivity contribution is 5.47. The molecule has 6 nitrogen and oxygen atoms in total. The lowest BCUT2D eigenvalue weighted by Gasteiger charge is -2.04. The van der Waals surface area contributed by atoms with Crippen molar-refractivity contribution in [3.8, 4) is 17.2 Å². The molecule has 110 valence electrons. The Balaban J connectivity index is 0.000000262. The first-order valence-electron chi connectivity index (χ1n) is 5.99. The fraction of sp³-hybridized carbons (Fsp3) is 0.0667. The van der Waals surface area contributed by atoms with E-state index < -0.39 is 4.92 Å². The minimum Gasteiger partial charge on any atom is -0.508 e. The fourth-order valence-corrected chi connectivity index (χ4v) is 1.31. The van der Waals surface area contributed by atoms with Gasteiger partial charge in [0.15, 0.2) is 11.5 Å². The van der Waals surface area contributed by atoms with Crippen molar-refractivity contribution in [2.45, 2.75) is 0 Å². The largest absolute Gasteiger partial charge is 0.508 e. The van der Waals surface area contributed by atoms with E-state index in [4.69, 9.17) is 9.84 Å². The molecule has 0 aliphatic carbocycles. The van der Waals surface area contributed by atoms with E-state index in [1.54, 1.807) is 24.3 Å². The molecule has 2 aromatic carbocycles. The Morgan fingerprint density at radius 2 is 1.86 bits per heavy atom. The van der Waals surface area contributed by atoms with Crippen LogP contribution in [-0.4, -0.2) is 21.7 Å². The number of hydrogen-bond donors (Lipinski definition) is 2. The van der Waals surface area contributed by atoms with Crippen molar-refractivity contribution >= 4 is 5.69 Å². The second-order valence-corrected chi connectivity index (χ2v) is 3.84. The molecule has 0 aliphatic rings. The van der Waals surface area contributed by atoms with E-state index in [1.807, 2.05) is 6.07 Å². The second kappa shape index (κ2) is 8.21. The fourth-order valence-electron chi connectivity index (χ4n) is 1.31. The Bertz CT molecular complexity index is 598. The van der Waals surface area contributed by atoms with Crippen LogP contribution < -0.4 is 4.74 Å². The molecule has 0 fully saturated rings. The van der Waals surface area contributed by atoms with Crippen LogP contribution in [0.4, 0.5) is 5.69 Å². The molecule has 0 spiro atoms. The smallest absolute Gasteiger partial charge is 0.273 e. The highest BCUT2D eigenvalue weighted by atomic mass is 16.6. The van der Waals surface area contributed by atoms with E-state index in [0.29, 0.717) is 5.75 Å². The van der Waals surface area contributed by atoms with E-state index in [9.17, 15) is 15.2 Å². The number of nitro groups is 1. The number of phenols is 2. The van der Waals surface area contributed by atoms with Crippen molar-refractivity contribution in [1.82, 2.24) is 0 Å². The van der Waals surface area contributed by atoms with Gasteiger partial charge in [0, 0.05) is 6.07 Å². The van der Waals surface area contributed by atoms with Gasteiger partial charge in [-0.3, -0.25) is 10.1 Å². The third kappa shape index (κ3) is 5.65. The zero-order valence-electron chi connectivity index (χ0n) is 11.2. The predicted molar refractivity (Wildman–Crippen MR) is 78.6 cm³/mol. The maximum Gasteiger partial charge on any atom is 0.273 e. The minimum atomic E-state index is -0.555. The molecule has 0 saturated carbocycles. The van der Waals surface area contributed by atoms with Gasteiger partial charge >= 0.3 is 0 Å². The first-order chi connectivity index (χ1) is 10.0. The van der Waals surface area contributed by atoms with Crippen molar-refractivity contribution < 1.29 is 19.9 Å². The summed E-state index contributed by atoms with van der Waals surface area (Å²) in [4.78, 5) is 9.83. The van der Waals surface area contributed by atoms with Crippen LogP contribution in [0.5, 0.6) is 17.2 Å². The molecule has 0 aromatic heterocycles. The summed E-state index contributed by atoms with van der Waals surface area (Å²) in [6.45, 7) is 3.61. The van der Waals surface area contributed by atoms with Crippen LogP contribution in [0, 0.1) is 10.1 Å². The number of hydrogen-bond acceptors (Lipinski definition) is 5. The Morgan fingerprint density at radius 3 is 2.33 bits per heavy atom. The number of rotatable bonds is 4. The van der Waals surface area contributed by atoms with E-state index >= 15 is 0 Å². The molecule has 0 aliphatic heterocycles. The van der Waals surface area contributed by atoms with Crippen LogP contribution in [0.1, 0.15) is 0 Å². The maximum absolute atomic E-state index is 10.4. The van der Waals surface area contributed by atoms with Crippen LogP contribution in [0.3, 0.4) is 0 Å². The number of nitrogens with zero attached hydrogens (tertiary/aromatic N) is 1. The van der Waals surface area contributed by atoms with Crippen LogP contribution in [0.25, 0.3) is 0 Å². The van der Waals surface area contributed by atoms with Crippen molar-refractivity contribution in [3.63, 3.8) is 0 Å². The molecule has 21 heavy (non-hydrogen) atoms. The van der Waals surface area contributed by atoms with Gasteiger partial charge in [0.25, 0.3) is 5.69 Å². The van der Waals surface area contributed by atoms with E-state index in [-0.39, 0.29) is 23.8 Å². The van der Waals surface area contributed by atoms with Crippen LogP contribution in [-0.2, 0) is 0 Å². The average molecular weight is 289 g/mol. The Hall–Kier alpha value is -3.02.